The molecule has 0 aromatic carbocycles. The first-order valence-electron chi connectivity index (χ1n) is 4.94. The summed E-state index contributed by atoms with van der Waals surface area (Å²) in [5.74, 6) is 0.673. The van der Waals surface area contributed by atoms with E-state index >= 15 is 0 Å². The summed E-state index contributed by atoms with van der Waals surface area (Å²) in [7, 11) is 1.45. The van der Waals surface area contributed by atoms with Crippen molar-refractivity contribution in [2.24, 2.45) is 5.92 Å². The van der Waals surface area contributed by atoms with E-state index in [0.717, 1.165) is 19.0 Å². The van der Waals surface area contributed by atoms with Crippen molar-refractivity contribution in [1.29, 1.82) is 0 Å². The largest absolute Gasteiger partial charge is 0.469 e. The molecule has 0 amide bonds. The van der Waals surface area contributed by atoms with Crippen LogP contribution in [0, 0.1) is 5.92 Å². The maximum absolute atomic E-state index is 11.0. The lowest BCUT2D eigenvalue weighted by atomic mass is 10.2. The van der Waals surface area contributed by atoms with Gasteiger partial charge in [0.1, 0.15) is 0 Å². The quantitative estimate of drug-likeness (QED) is 0.620. The number of nitrogens with zero attached hydrogens (tertiary/aromatic N) is 1. The normalized spacial score (nSPS) is 25.9. The zero-order chi connectivity index (χ0) is 9.84. The van der Waals surface area contributed by atoms with Crippen molar-refractivity contribution in [2.45, 2.75) is 32.7 Å². The van der Waals surface area contributed by atoms with Gasteiger partial charge in [-0.05, 0) is 25.8 Å². The highest BCUT2D eigenvalue weighted by molar-refractivity contribution is 5.69. The summed E-state index contributed by atoms with van der Waals surface area (Å²) in [5, 5.41) is 0. The van der Waals surface area contributed by atoms with Gasteiger partial charge in [-0.15, -0.1) is 0 Å². The second kappa shape index (κ2) is 4.61. The fraction of sp³-hybridized carbons (Fsp3) is 0.900. The molecule has 2 atom stereocenters. The fourth-order valence-electron chi connectivity index (χ4n) is 1.82. The maximum Gasteiger partial charge on any atom is 0.307 e. The highest BCUT2D eigenvalue weighted by Gasteiger charge is 2.24. The molecule has 76 valence electrons. The molecule has 3 nitrogen and oxygen atoms in total. The first kappa shape index (κ1) is 10.5. The third-order valence-corrected chi connectivity index (χ3v) is 2.77. The smallest absolute Gasteiger partial charge is 0.307 e. The summed E-state index contributed by atoms with van der Waals surface area (Å²) in [5.41, 5.74) is 0. The Morgan fingerprint density at radius 1 is 1.69 bits per heavy atom. The molecule has 0 aliphatic carbocycles. The van der Waals surface area contributed by atoms with Crippen LogP contribution in [0.15, 0.2) is 0 Å². The van der Waals surface area contributed by atoms with E-state index in [1.54, 1.807) is 0 Å². The highest BCUT2D eigenvalue weighted by atomic mass is 16.5. The average Bonchev–Trinajstić information content (AvgIpc) is 2.51. The van der Waals surface area contributed by atoms with Gasteiger partial charge >= 0.3 is 5.97 Å². The third kappa shape index (κ3) is 2.99. The molecular formula is C10H19NO2. The Morgan fingerprint density at radius 2 is 2.38 bits per heavy atom. The molecule has 3 heteroatoms. The van der Waals surface area contributed by atoms with Crippen molar-refractivity contribution in [3.63, 3.8) is 0 Å². The molecule has 13 heavy (non-hydrogen) atoms. The van der Waals surface area contributed by atoms with Crippen molar-refractivity contribution in [2.75, 3.05) is 20.2 Å². The van der Waals surface area contributed by atoms with Gasteiger partial charge in [0.25, 0.3) is 0 Å². The number of hydrogen-bond donors (Lipinski definition) is 0. The Kier molecular flexibility index (Phi) is 3.72. The number of carbonyl (C=O) groups excluding carboxylic acids is 1. The fourth-order valence-corrected chi connectivity index (χ4v) is 1.82. The summed E-state index contributed by atoms with van der Waals surface area (Å²) < 4.78 is 4.64. The molecule has 1 rings (SSSR count). The summed E-state index contributed by atoms with van der Waals surface area (Å²) in [4.78, 5) is 13.4. The molecule has 1 saturated heterocycles. The molecule has 0 N–H and O–H groups in total. The van der Waals surface area contributed by atoms with Crippen LogP contribution < -0.4 is 0 Å². The summed E-state index contributed by atoms with van der Waals surface area (Å²) in [6, 6.07) is 0.331. The molecule has 2 unspecified atom stereocenters. The lowest BCUT2D eigenvalue weighted by molar-refractivity contribution is -0.141. The molecule has 0 bridgehead atoms. The van der Waals surface area contributed by atoms with E-state index in [-0.39, 0.29) is 5.97 Å². The van der Waals surface area contributed by atoms with E-state index in [0.29, 0.717) is 12.5 Å². The predicted octanol–water partition coefficient (Wildman–Crippen LogP) is 1.28. The van der Waals surface area contributed by atoms with Crippen LogP contribution in [0.2, 0.25) is 0 Å². The van der Waals surface area contributed by atoms with Gasteiger partial charge in [-0.1, -0.05) is 6.92 Å². The number of rotatable bonds is 3. The minimum absolute atomic E-state index is 0.105. The van der Waals surface area contributed by atoms with Gasteiger partial charge in [0.15, 0.2) is 0 Å². The third-order valence-electron chi connectivity index (χ3n) is 2.77. The second-order valence-electron chi connectivity index (χ2n) is 4.02. The topological polar surface area (TPSA) is 29.5 Å². The van der Waals surface area contributed by atoms with E-state index in [4.69, 9.17) is 0 Å². The van der Waals surface area contributed by atoms with Crippen LogP contribution in [0.25, 0.3) is 0 Å². The van der Waals surface area contributed by atoms with Crippen LogP contribution >= 0.6 is 0 Å². The van der Waals surface area contributed by atoms with Gasteiger partial charge in [-0.25, -0.2) is 0 Å². The van der Waals surface area contributed by atoms with Crippen LogP contribution in [0.3, 0.4) is 0 Å². The molecule has 0 saturated carbocycles. The number of ether oxygens (including phenoxy) is 1. The molecule has 1 fully saturated rings. The number of esters is 1. The molecular weight excluding hydrogens is 166 g/mol. The second-order valence-corrected chi connectivity index (χ2v) is 4.02. The van der Waals surface area contributed by atoms with E-state index in [9.17, 15) is 4.79 Å². The van der Waals surface area contributed by atoms with E-state index in [1.807, 2.05) is 0 Å². The number of likely N-dealkylation sites (tertiary alicyclic amines) is 1. The molecule has 1 heterocycles. The van der Waals surface area contributed by atoms with Crippen molar-refractivity contribution in [3.05, 3.63) is 0 Å². The summed E-state index contributed by atoms with van der Waals surface area (Å²) >= 11 is 0. The Balaban J connectivity index is 2.31. The monoisotopic (exact) mass is 185 g/mol. The molecule has 1 aliphatic rings. The Morgan fingerprint density at radius 3 is 2.85 bits per heavy atom. The highest BCUT2D eigenvalue weighted by Crippen LogP contribution is 2.18. The van der Waals surface area contributed by atoms with Gasteiger partial charge < -0.3 is 4.74 Å². The zero-order valence-corrected chi connectivity index (χ0v) is 8.75. The Labute approximate surface area is 80.1 Å². The Bertz CT molecular complexity index is 182. The van der Waals surface area contributed by atoms with Crippen LogP contribution in [-0.4, -0.2) is 37.1 Å². The van der Waals surface area contributed by atoms with Gasteiger partial charge in [0.05, 0.1) is 13.5 Å². The van der Waals surface area contributed by atoms with Crippen molar-refractivity contribution in [3.8, 4) is 0 Å². The number of hydrogen-bond acceptors (Lipinski definition) is 3. The molecule has 1 aliphatic heterocycles. The van der Waals surface area contributed by atoms with Crippen LogP contribution in [0.1, 0.15) is 26.7 Å². The van der Waals surface area contributed by atoms with Gasteiger partial charge in [0.2, 0.25) is 0 Å². The molecule has 0 spiro atoms. The minimum Gasteiger partial charge on any atom is -0.469 e. The number of carbonyl (C=O) groups is 1. The molecule has 0 radical (unpaired) electrons. The van der Waals surface area contributed by atoms with Crippen molar-refractivity contribution in [1.82, 2.24) is 4.90 Å². The standard InChI is InChI=1S/C10H19NO2/c1-8-4-5-11(7-8)9(2)6-10(12)13-3/h8-9H,4-7H2,1-3H3. The number of methoxy groups -OCH3 is 1. The van der Waals surface area contributed by atoms with Crippen LogP contribution in [0.5, 0.6) is 0 Å². The van der Waals surface area contributed by atoms with Gasteiger partial charge in [-0.2, -0.15) is 0 Å². The SMILES string of the molecule is COC(=O)CC(C)N1CCC(C)C1. The van der Waals surface area contributed by atoms with Crippen LogP contribution in [-0.2, 0) is 9.53 Å². The summed E-state index contributed by atoms with van der Waals surface area (Å²) in [6.07, 6.45) is 1.77. The molecule has 0 aromatic rings. The first-order chi connectivity index (χ1) is 6.13. The van der Waals surface area contributed by atoms with E-state index in [1.165, 1.54) is 13.5 Å². The zero-order valence-electron chi connectivity index (χ0n) is 8.75. The minimum atomic E-state index is -0.105. The average molecular weight is 185 g/mol. The predicted molar refractivity (Wildman–Crippen MR) is 51.4 cm³/mol. The first-order valence-corrected chi connectivity index (χ1v) is 4.94. The van der Waals surface area contributed by atoms with E-state index < -0.39 is 0 Å². The molecule has 0 aromatic heterocycles. The van der Waals surface area contributed by atoms with Gasteiger partial charge in [-0.3, -0.25) is 9.69 Å². The lowest BCUT2D eigenvalue weighted by Gasteiger charge is -2.22. The van der Waals surface area contributed by atoms with E-state index in [2.05, 4.69) is 23.5 Å². The van der Waals surface area contributed by atoms with Crippen molar-refractivity contribution < 1.29 is 9.53 Å². The Hall–Kier alpha value is -0.570. The summed E-state index contributed by atoms with van der Waals surface area (Å²) in [6.45, 7) is 6.59. The lowest BCUT2D eigenvalue weighted by Crippen LogP contribution is -2.32. The maximum atomic E-state index is 11.0. The van der Waals surface area contributed by atoms with Crippen LogP contribution in [0.4, 0.5) is 0 Å². The van der Waals surface area contributed by atoms with Gasteiger partial charge in [0, 0.05) is 12.6 Å². The van der Waals surface area contributed by atoms with Crippen molar-refractivity contribution >= 4 is 5.97 Å².